The summed E-state index contributed by atoms with van der Waals surface area (Å²) in [5.41, 5.74) is 0. The molecule has 1 aromatic carbocycles. The molecule has 1 rings (SSSR count). The van der Waals surface area contributed by atoms with Gasteiger partial charge in [0.1, 0.15) is 4.90 Å². The Labute approximate surface area is 73.5 Å². The molecule has 0 saturated heterocycles. The Balaban J connectivity index is 3.47. The summed E-state index contributed by atoms with van der Waals surface area (Å²) in [7, 11) is -4.52. The second-order valence-electron chi connectivity index (χ2n) is 2.03. The van der Waals surface area contributed by atoms with E-state index >= 15 is 0 Å². The molecule has 0 radical (unpaired) electrons. The molecule has 0 unspecified atom stereocenters. The van der Waals surface area contributed by atoms with Gasteiger partial charge in [-0.15, -0.1) is 0 Å². The number of rotatable bonds is 1. The molecule has 3 nitrogen and oxygen atoms in total. The van der Waals surface area contributed by atoms with Gasteiger partial charge >= 0.3 is 0 Å². The second kappa shape index (κ2) is 3.01. The van der Waals surface area contributed by atoms with Crippen LogP contribution in [-0.4, -0.2) is 13.0 Å². The molecule has 6 heteroatoms. The van der Waals surface area contributed by atoms with Gasteiger partial charge in [-0.1, -0.05) is 17.7 Å². The van der Waals surface area contributed by atoms with Crippen molar-refractivity contribution < 1.29 is 17.4 Å². The van der Waals surface area contributed by atoms with Gasteiger partial charge in [0.25, 0.3) is 10.1 Å². The highest BCUT2D eigenvalue weighted by Crippen LogP contribution is 2.21. The largest absolute Gasteiger partial charge is 0.297 e. The predicted octanol–water partition coefficient (Wildman–Crippen LogP) is 1.73. The molecular formula is C6H4ClFO3S. The first-order valence-corrected chi connectivity index (χ1v) is 4.66. The molecule has 0 saturated carbocycles. The Morgan fingerprint density at radius 3 is 2.42 bits per heavy atom. The fourth-order valence-electron chi connectivity index (χ4n) is 0.683. The van der Waals surface area contributed by atoms with Crippen molar-refractivity contribution in [2.24, 2.45) is 0 Å². The summed E-state index contributed by atoms with van der Waals surface area (Å²) in [6.45, 7) is 0. The topological polar surface area (TPSA) is 54.4 Å². The molecule has 0 bridgehead atoms. The van der Waals surface area contributed by atoms with Crippen LogP contribution in [0.1, 0.15) is 0 Å². The van der Waals surface area contributed by atoms with E-state index in [1.165, 1.54) is 12.1 Å². The van der Waals surface area contributed by atoms with Crippen LogP contribution in [0.15, 0.2) is 23.1 Å². The van der Waals surface area contributed by atoms with Crippen LogP contribution < -0.4 is 0 Å². The normalized spacial score (nSPS) is 11.6. The van der Waals surface area contributed by atoms with Crippen molar-refractivity contribution in [3.05, 3.63) is 29.0 Å². The molecule has 0 fully saturated rings. The van der Waals surface area contributed by atoms with Crippen molar-refractivity contribution in [2.75, 3.05) is 0 Å². The molecule has 66 valence electrons. The molecule has 0 heterocycles. The number of benzene rings is 1. The third kappa shape index (κ3) is 1.74. The SMILES string of the molecule is O=S(=O)(O)c1cccc(Cl)c1F. The lowest BCUT2D eigenvalue weighted by Crippen LogP contribution is -2.01. The minimum Gasteiger partial charge on any atom is -0.282 e. The van der Waals surface area contributed by atoms with Crippen LogP contribution in [0.2, 0.25) is 5.02 Å². The minimum atomic E-state index is -4.52. The summed E-state index contributed by atoms with van der Waals surface area (Å²) in [6, 6.07) is 3.34. The van der Waals surface area contributed by atoms with Crippen LogP contribution in [0.5, 0.6) is 0 Å². The molecule has 0 aliphatic carbocycles. The molecule has 0 aliphatic heterocycles. The maximum absolute atomic E-state index is 12.8. The summed E-state index contributed by atoms with van der Waals surface area (Å²) < 4.78 is 42.2. The fraction of sp³-hybridized carbons (Fsp3) is 0. The van der Waals surface area contributed by atoms with Gasteiger partial charge < -0.3 is 0 Å². The van der Waals surface area contributed by atoms with Crippen LogP contribution in [0.25, 0.3) is 0 Å². The first-order chi connectivity index (χ1) is 5.43. The molecule has 1 N–H and O–H groups in total. The Hall–Kier alpha value is -0.650. The van der Waals surface area contributed by atoms with Crippen molar-refractivity contribution in [3.63, 3.8) is 0 Å². The smallest absolute Gasteiger partial charge is 0.282 e. The Morgan fingerprint density at radius 1 is 1.42 bits per heavy atom. The summed E-state index contributed by atoms with van der Waals surface area (Å²) in [4.78, 5) is -0.810. The van der Waals surface area contributed by atoms with E-state index in [0.717, 1.165) is 6.07 Å². The van der Waals surface area contributed by atoms with Crippen LogP contribution in [0.3, 0.4) is 0 Å². The highest BCUT2D eigenvalue weighted by atomic mass is 35.5. The predicted molar refractivity (Wildman–Crippen MR) is 41.2 cm³/mol. The van der Waals surface area contributed by atoms with Gasteiger partial charge in [-0.2, -0.15) is 8.42 Å². The van der Waals surface area contributed by atoms with Gasteiger partial charge in [-0.3, -0.25) is 4.55 Å². The van der Waals surface area contributed by atoms with E-state index in [2.05, 4.69) is 0 Å². The number of halogens is 2. The van der Waals surface area contributed by atoms with E-state index in [1.54, 1.807) is 0 Å². The van der Waals surface area contributed by atoms with Gasteiger partial charge in [0.05, 0.1) is 5.02 Å². The number of hydrogen-bond donors (Lipinski definition) is 1. The Bertz CT molecular complexity index is 401. The van der Waals surface area contributed by atoms with Crippen molar-refractivity contribution in [3.8, 4) is 0 Å². The molecule has 1 aromatic rings. The lowest BCUT2D eigenvalue weighted by molar-refractivity contribution is 0.473. The van der Waals surface area contributed by atoms with E-state index in [4.69, 9.17) is 16.2 Å². The minimum absolute atomic E-state index is 0.342. The van der Waals surface area contributed by atoms with Gasteiger partial charge in [0.2, 0.25) is 0 Å². The zero-order valence-corrected chi connectivity index (χ0v) is 7.23. The summed E-state index contributed by atoms with van der Waals surface area (Å²) in [5.74, 6) is -1.14. The summed E-state index contributed by atoms with van der Waals surface area (Å²) >= 11 is 5.27. The Morgan fingerprint density at radius 2 is 2.00 bits per heavy atom. The Kier molecular flexibility index (Phi) is 2.36. The van der Waals surface area contributed by atoms with Crippen LogP contribution >= 0.6 is 11.6 Å². The standard InChI is InChI=1S/C6H4ClFO3S/c7-4-2-1-3-5(6(4)8)12(9,10)11/h1-3H,(H,9,10,11). The lowest BCUT2D eigenvalue weighted by atomic mass is 10.3. The van der Waals surface area contributed by atoms with E-state index in [0.29, 0.717) is 0 Å². The van der Waals surface area contributed by atoms with Gasteiger partial charge in [0, 0.05) is 0 Å². The average molecular weight is 211 g/mol. The first kappa shape index (κ1) is 9.44. The maximum Gasteiger partial charge on any atom is 0.297 e. The zero-order chi connectivity index (χ0) is 9.35. The van der Waals surface area contributed by atoms with Crippen molar-refractivity contribution in [1.29, 1.82) is 0 Å². The van der Waals surface area contributed by atoms with Crippen LogP contribution in [0.4, 0.5) is 4.39 Å². The highest BCUT2D eigenvalue weighted by molar-refractivity contribution is 7.85. The first-order valence-electron chi connectivity index (χ1n) is 2.84. The maximum atomic E-state index is 12.8. The molecule has 0 amide bonds. The molecule has 0 spiro atoms. The summed E-state index contributed by atoms with van der Waals surface area (Å²) in [6.07, 6.45) is 0. The molecule has 0 aromatic heterocycles. The zero-order valence-electron chi connectivity index (χ0n) is 5.66. The van der Waals surface area contributed by atoms with E-state index < -0.39 is 20.8 Å². The monoisotopic (exact) mass is 210 g/mol. The van der Waals surface area contributed by atoms with Gasteiger partial charge in [0.15, 0.2) is 5.82 Å². The van der Waals surface area contributed by atoms with Gasteiger partial charge in [-0.25, -0.2) is 4.39 Å². The third-order valence-corrected chi connectivity index (χ3v) is 2.36. The summed E-state index contributed by atoms with van der Waals surface area (Å²) in [5, 5.41) is -0.342. The van der Waals surface area contributed by atoms with Crippen molar-refractivity contribution in [1.82, 2.24) is 0 Å². The van der Waals surface area contributed by atoms with Gasteiger partial charge in [-0.05, 0) is 12.1 Å². The van der Waals surface area contributed by atoms with Crippen LogP contribution in [-0.2, 0) is 10.1 Å². The second-order valence-corrected chi connectivity index (χ2v) is 3.82. The van der Waals surface area contributed by atoms with E-state index in [-0.39, 0.29) is 5.02 Å². The molecular weight excluding hydrogens is 207 g/mol. The molecule has 0 aliphatic rings. The third-order valence-electron chi connectivity index (χ3n) is 1.19. The van der Waals surface area contributed by atoms with Crippen molar-refractivity contribution in [2.45, 2.75) is 4.90 Å². The average Bonchev–Trinajstić information content (AvgIpc) is 1.92. The quantitative estimate of drug-likeness (QED) is 0.719. The van der Waals surface area contributed by atoms with E-state index in [1.807, 2.05) is 0 Å². The lowest BCUT2D eigenvalue weighted by Gasteiger charge is -1.99. The highest BCUT2D eigenvalue weighted by Gasteiger charge is 2.17. The molecule has 12 heavy (non-hydrogen) atoms. The van der Waals surface area contributed by atoms with Crippen LogP contribution in [0, 0.1) is 5.82 Å². The van der Waals surface area contributed by atoms with E-state index in [9.17, 15) is 12.8 Å². The fourth-order valence-corrected chi connectivity index (χ4v) is 1.50. The van der Waals surface area contributed by atoms with Crippen molar-refractivity contribution >= 4 is 21.7 Å². The molecule has 0 atom stereocenters. The number of hydrogen-bond acceptors (Lipinski definition) is 2.